The number of aromatic nitrogens is 6. The first-order chi connectivity index (χ1) is 12.4. The molecule has 2 N–H and O–H groups in total. The van der Waals surface area contributed by atoms with Gasteiger partial charge in [-0.15, -0.1) is 10.2 Å². The van der Waals surface area contributed by atoms with Crippen LogP contribution in [0.5, 0.6) is 0 Å². The number of carbonyl (C=O) groups excluding carboxylic acids is 2. The summed E-state index contributed by atoms with van der Waals surface area (Å²) in [5, 5.41) is 12.2. The third-order valence-electron chi connectivity index (χ3n) is 4.65. The maximum Gasteiger partial charge on any atom is 0.292 e. The van der Waals surface area contributed by atoms with Gasteiger partial charge in [-0.1, -0.05) is 0 Å². The number of hydrogen-bond acceptors (Lipinski definition) is 6. The van der Waals surface area contributed by atoms with E-state index in [9.17, 15) is 9.59 Å². The minimum Gasteiger partial charge on any atom is -0.364 e. The lowest BCUT2D eigenvalue weighted by atomic mass is 10.0. The van der Waals surface area contributed by atoms with Crippen molar-refractivity contribution in [2.75, 3.05) is 6.54 Å². The predicted molar refractivity (Wildman–Crippen MR) is 90.4 cm³/mol. The summed E-state index contributed by atoms with van der Waals surface area (Å²) in [6.07, 6.45) is 0.588. The molecule has 0 bridgehead atoms. The number of amides is 2. The number of carbonyl (C=O) groups is 2. The molecular weight excluding hydrogens is 336 g/mol. The van der Waals surface area contributed by atoms with E-state index in [2.05, 4.69) is 20.3 Å². The summed E-state index contributed by atoms with van der Waals surface area (Å²) < 4.78 is 3.30. The molecular formula is C16H18N8O2. The lowest BCUT2D eigenvalue weighted by molar-refractivity contribution is 0.0717. The molecule has 0 saturated heterocycles. The Kier molecular flexibility index (Phi) is 3.49. The standard InChI is InChI=1S/C16H18N8O2/c1-8-6-9(2)24-14(19-20-16(24)18-8)15(26)23-5-4-11-10(7-23)12(13(17)25)21-22(11)3/h6H,4-5,7H2,1-3H3,(H2,17,25). The van der Waals surface area contributed by atoms with Crippen LogP contribution in [0.25, 0.3) is 5.78 Å². The van der Waals surface area contributed by atoms with Gasteiger partial charge in [0.2, 0.25) is 5.82 Å². The Morgan fingerprint density at radius 2 is 2.00 bits per heavy atom. The average molecular weight is 354 g/mol. The van der Waals surface area contributed by atoms with E-state index >= 15 is 0 Å². The molecule has 26 heavy (non-hydrogen) atoms. The molecule has 0 spiro atoms. The van der Waals surface area contributed by atoms with E-state index in [1.165, 1.54) is 0 Å². The van der Waals surface area contributed by atoms with Crippen LogP contribution >= 0.6 is 0 Å². The second-order valence-electron chi connectivity index (χ2n) is 6.44. The zero-order valence-electron chi connectivity index (χ0n) is 14.7. The summed E-state index contributed by atoms with van der Waals surface area (Å²) in [6, 6.07) is 1.87. The highest BCUT2D eigenvalue weighted by Crippen LogP contribution is 2.23. The molecule has 0 fully saturated rings. The molecule has 0 saturated carbocycles. The molecule has 1 aliphatic rings. The Labute approximate surface area is 148 Å². The van der Waals surface area contributed by atoms with E-state index in [0.29, 0.717) is 24.3 Å². The first-order valence-corrected chi connectivity index (χ1v) is 8.20. The molecule has 1 aliphatic heterocycles. The maximum atomic E-state index is 13.0. The lowest BCUT2D eigenvalue weighted by Gasteiger charge is -2.26. The molecule has 4 rings (SSSR count). The molecule has 0 radical (unpaired) electrons. The van der Waals surface area contributed by atoms with Crippen molar-refractivity contribution in [2.24, 2.45) is 12.8 Å². The van der Waals surface area contributed by atoms with Crippen molar-refractivity contribution in [3.05, 3.63) is 40.2 Å². The highest BCUT2D eigenvalue weighted by Gasteiger charge is 2.31. The van der Waals surface area contributed by atoms with Gasteiger partial charge < -0.3 is 10.6 Å². The molecule has 2 amide bonds. The second-order valence-corrected chi connectivity index (χ2v) is 6.44. The molecule has 0 atom stereocenters. The van der Waals surface area contributed by atoms with Gasteiger partial charge in [-0.3, -0.25) is 18.7 Å². The van der Waals surface area contributed by atoms with Crippen LogP contribution in [0.3, 0.4) is 0 Å². The van der Waals surface area contributed by atoms with Crippen molar-refractivity contribution in [3.63, 3.8) is 0 Å². The van der Waals surface area contributed by atoms with Crippen molar-refractivity contribution in [2.45, 2.75) is 26.8 Å². The second kappa shape index (κ2) is 5.61. The van der Waals surface area contributed by atoms with Crippen molar-refractivity contribution in [3.8, 4) is 0 Å². The summed E-state index contributed by atoms with van der Waals surface area (Å²) >= 11 is 0. The van der Waals surface area contributed by atoms with Crippen LogP contribution in [-0.2, 0) is 20.0 Å². The molecule has 3 aromatic heterocycles. The molecule has 10 nitrogen and oxygen atoms in total. The van der Waals surface area contributed by atoms with Crippen LogP contribution in [0, 0.1) is 13.8 Å². The maximum absolute atomic E-state index is 13.0. The number of nitrogens with two attached hydrogens (primary N) is 1. The molecule has 0 aliphatic carbocycles. The van der Waals surface area contributed by atoms with Crippen LogP contribution < -0.4 is 5.73 Å². The summed E-state index contributed by atoms with van der Waals surface area (Å²) in [5.41, 5.74) is 8.89. The monoisotopic (exact) mass is 354 g/mol. The van der Waals surface area contributed by atoms with Crippen LogP contribution in [0.4, 0.5) is 0 Å². The van der Waals surface area contributed by atoms with Gasteiger partial charge in [0.15, 0.2) is 5.69 Å². The minimum atomic E-state index is -0.598. The van der Waals surface area contributed by atoms with Gasteiger partial charge in [0, 0.05) is 42.7 Å². The zero-order chi connectivity index (χ0) is 18.6. The Hall–Kier alpha value is -3.30. The van der Waals surface area contributed by atoms with Gasteiger partial charge in [-0.2, -0.15) is 5.10 Å². The van der Waals surface area contributed by atoms with E-state index < -0.39 is 5.91 Å². The Bertz CT molecular complexity index is 1060. The zero-order valence-corrected chi connectivity index (χ0v) is 14.7. The highest BCUT2D eigenvalue weighted by atomic mass is 16.2. The normalized spacial score (nSPS) is 13.9. The summed E-state index contributed by atoms with van der Waals surface area (Å²) in [4.78, 5) is 30.6. The predicted octanol–water partition coefficient (Wildman–Crippen LogP) is -0.228. The molecule has 4 heterocycles. The van der Waals surface area contributed by atoms with E-state index in [1.54, 1.807) is 21.0 Å². The summed E-state index contributed by atoms with van der Waals surface area (Å²) in [6.45, 7) is 4.50. The first-order valence-electron chi connectivity index (χ1n) is 8.20. The largest absolute Gasteiger partial charge is 0.364 e. The Balaban J connectivity index is 1.72. The van der Waals surface area contributed by atoms with E-state index in [0.717, 1.165) is 17.1 Å². The molecule has 10 heteroatoms. The molecule has 0 aromatic carbocycles. The number of nitrogens with zero attached hydrogens (tertiary/aromatic N) is 7. The number of aryl methyl sites for hydroxylation is 3. The van der Waals surface area contributed by atoms with Crippen LogP contribution in [-0.4, -0.2) is 52.6 Å². The van der Waals surface area contributed by atoms with Gasteiger partial charge >= 0.3 is 0 Å². The summed E-state index contributed by atoms with van der Waals surface area (Å²) in [7, 11) is 1.77. The third-order valence-corrected chi connectivity index (χ3v) is 4.65. The third kappa shape index (κ3) is 2.33. The molecule has 3 aromatic rings. The van der Waals surface area contributed by atoms with Crippen molar-refractivity contribution in [1.82, 2.24) is 34.3 Å². The van der Waals surface area contributed by atoms with Gasteiger partial charge in [0.25, 0.3) is 17.6 Å². The number of primary amides is 1. The van der Waals surface area contributed by atoms with Gasteiger partial charge in [0.1, 0.15) is 0 Å². The fourth-order valence-corrected chi connectivity index (χ4v) is 3.47. The van der Waals surface area contributed by atoms with E-state index in [1.807, 2.05) is 19.9 Å². The number of rotatable bonds is 2. The average Bonchev–Trinajstić information content (AvgIpc) is 3.15. The quantitative estimate of drug-likeness (QED) is 0.678. The number of fused-ring (bicyclic) bond motifs is 2. The lowest BCUT2D eigenvalue weighted by Crippen LogP contribution is -2.38. The highest BCUT2D eigenvalue weighted by molar-refractivity contribution is 5.94. The first kappa shape index (κ1) is 16.2. The minimum absolute atomic E-state index is 0.206. The fourth-order valence-electron chi connectivity index (χ4n) is 3.47. The van der Waals surface area contributed by atoms with E-state index in [-0.39, 0.29) is 24.0 Å². The van der Waals surface area contributed by atoms with Crippen molar-refractivity contribution < 1.29 is 9.59 Å². The molecule has 0 unspecified atom stereocenters. The topological polar surface area (TPSA) is 124 Å². The number of hydrogen-bond donors (Lipinski definition) is 1. The summed E-state index contributed by atoms with van der Waals surface area (Å²) in [5.74, 6) is -0.267. The Morgan fingerprint density at radius 3 is 2.73 bits per heavy atom. The van der Waals surface area contributed by atoms with Gasteiger partial charge in [-0.05, 0) is 19.9 Å². The van der Waals surface area contributed by atoms with Crippen molar-refractivity contribution in [1.29, 1.82) is 0 Å². The van der Waals surface area contributed by atoms with Crippen LogP contribution in [0.1, 0.15) is 43.8 Å². The van der Waals surface area contributed by atoms with Gasteiger partial charge in [-0.25, -0.2) is 4.98 Å². The van der Waals surface area contributed by atoms with Crippen LogP contribution in [0.2, 0.25) is 0 Å². The SMILES string of the molecule is Cc1cc(C)n2c(C(=O)N3CCc4c(c(C(N)=O)nn4C)C3)nnc2n1. The van der Waals surface area contributed by atoms with E-state index in [4.69, 9.17) is 5.73 Å². The van der Waals surface area contributed by atoms with Crippen molar-refractivity contribution >= 4 is 17.6 Å². The van der Waals surface area contributed by atoms with Gasteiger partial charge in [0.05, 0.1) is 6.54 Å². The smallest absolute Gasteiger partial charge is 0.292 e. The van der Waals surface area contributed by atoms with Crippen LogP contribution in [0.15, 0.2) is 6.07 Å². The Morgan fingerprint density at radius 1 is 1.23 bits per heavy atom. The molecule has 134 valence electrons. The fraction of sp³-hybridized carbons (Fsp3) is 0.375.